The average Bonchev–Trinajstić information content (AvgIpc) is 3.36. The molecule has 0 aromatic heterocycles. The van der Waals surface area contributed by atoms with Gasteiger partial charge in [0.2, 0.25) is 11.8 Å². The molecule has 262 valence electrons. The summed E-state index contributed by atoms with van der Waals surface area (Å²) in [6.45, 7) is 11.9. The van der Waals surface area contributed by atoms with E-state index in [-0.39, 0.29) is 24.3 Å². The lowest BCUT2D eigenvalue weighted by atomic mass is 9.74. The van der Waals surface area contributed by atoms with Crippen LogP contribution in [0.4, 0.5) is 17.1 Å². The van der Waals surface area contributed by atoms with E-state index in [1.54, 1.807) is 26.5 Å². The molecule has 4 heterocycles. The molecule has 9 nitrogen and oxygen atoms in total. The molecule has 2 aromatic carbocycles. The van der Waals surface area contributed by atoms with Crippen LogP contribution < -0.4 is 19.4 Å². The Hall–Kier alpha value is -3.76. The normalized spacial score (nSPS) is 27.6. The minimum atomic E-state index is -0.906. The molecule has 6 rings (SSSR count). The number of likely N-dealkylation sites (tertiary alicyclic amines) is 1. The molecule has 4 aliphatic rings. The first-order valence-electron chi connectivity index (χ1n) is 17.9. The minimum Gasteiger partial charge on any atom is -0.494 e. The molecule has 10 heteroatoms. The fourth-order valence-corrected chi connectivity index (χ4v) is 10.5. The molecule has 0 aliphatic carbocycles. The number of aliphatic hydroxyl groups excluding tert-OH is 1. The number of hydrogen-bond donors (Lipinski definition) is 1. The van der Waals surface area contributed by atoms with E-state index in [4.69, 9.17) is 4.74 Å². The van der Waals surface area contributed by atoms with Crippen LogP contribution in [0.2, 0.25) is 0 Å². The first-order chi connectivity index (χ1) is 23.7. The van der Waals surface area contributed by atoms with E-state index in [1.165, 1.54) is 0 Å². The molecule has 2 aromatic rings. The smallest absolute Gasteiger partial charge is 0.251 e. The Morgan fingerprint density at radius 3 is 2.04 bits per heavy atom. The van der Waals surface area contributed by atoms with Gasteiger partial charge < -0.3 is 29.4 Å². The Labute approximate surface area is 294 Å². The molecule has 2 saturated heterocycles. The zero-order valence-corrected chi connectivity index (χ0v) is 30.0. The van der Waals surface area contributed by atoms with Gasteiger partial charge in [0, 0.05) is 61.1 Å². The molecule has 1 unspecified atom stereocenters. The van der Waals surface area contributed by atoms with Crippen LogP contribution in [0.1, 0.15) is 53.4 Å². The number of carbonyl (C=O) groups excluding carboxylic acids is 3. The van der Waals surface area contributed by atoms with E-state index in [0.717, 1.165) is 55.2 Å². The fraction of sp³-hybridized carbons (Fsp3) is 0.513. The number of amides is 3. The number of thioether (sulfide) groups is 1. The maximum Gasteiger partial charge on any atom is 0.251 e. The summed E-state index contributed by atoms with van der Waals surface area (Å²) in [6.07, 6.45) is 11.4. The lowest BCUT2D eigenvalue weighted by Crippen LogP contribution is -2.53. The van der Waals surface area contributed by atoms with E-state index in [9.17, 15) is 19.5 Å². The van der Waals surface area contributed by atoms with Crippen molar-refractivity contribution in [2.45, 2.75) is 68.9 Å². The van der Waals surface area contributed by atoms with Gasteiger partial charge in [0.25, 0.3) is 5.91 Å². The fourth-order valence-electron chi connectivity index (χ4n) is 8.29. The minimum absolute atomic E-state index is 0.100. The van der Waals surface area contributed by atoms with Crippen LogP contribution in [0.15, 0.2) is 72.8 Å². The number of benzene rings is 2. The lowest BCUT2D eigenvalue weighted by molar-refractivity contribution is -0.139. The van der Waals surface area contributed by atoms with Crippen molar-refractivity contribution in [3.63, 3.8) is 0 Å². The predicted molar refractivity (Wildman–Crippen MR) is 197 cm³/mol. The molecule has 5 atom stereocenters. The molecule has 4 aliphatic heterocycles. The first-order valence-corrected chi connectivity index (χ1v) is 18.7. The number of unbranched alkanes of at least 4 members (excludes halogenated alkanes) is 3. The van der Waals surface area contributed by atoms with Crippen molar-refractivity contribution in [2.24, 2.45) is 11.8 Å². The maximum absolute atomic E-state index is 14.9. The summed E-state index contributed by atoms with van der Waals surface area (Å²) in [5.74, 6) is -0.955. The third-order valence-corrected chi connectivity index (χ3v) is 12.4. The molecular formula is C39H50N4O5S. The second-order valence-corrected chi connectivity index (χ2v) is 15.3. The molecular weight excluding hydrogens is 637 g/mol. The Morgan fingerprint density at radius 2 is 1.41 bits per heavy atom. The number of fused-ring (bicyclic) bond motifs is 2. The van der Waals surface area contributed by atoms with Crippen molar-refractivity contribution >= 4 is 46.5 Å². The van der Waals surface area contributed by atoms with Gasteiger partial charge in [0.15, 0.2) is 0 Å². The largest absolute Gasteiger partial charge is 0.494 e. The van der Waals surface area contributed by atoms with Gasteiger partial charge in [-0.2, -0.15) is 0 Å². The van der Waals surface area contributed by atoms with Gasteiger partial charge >= 0.3 is 0 Å². The molecule has 0 radical (unpaired) electrons. The molecule has 0 bridgehead atoms. The summed E-state index contributed by atoms with van der Waals surface area (Å²) >= 11 is 1.61. The molecule has 3 amide bonds. The highest BCUT2D eigenvalue weighted by Gasteiger charge is 2.74. The Bertz CT molecular complexity index is 1570. The van der Waals surface area contributed by atoms with E-state index in [0.29, 0.717) is 32.7 Å². The van der Waals surface area contributed by atoms with Crippen LogP contribution >= 0.6 is 11.8 Å². The van der Waals surface area contributed by atoms with Gasteiger partial charge in [-0.25, -0.2) is 0 Å². The van der Waals surface area contributed by atoms with Crippen LogP contribution in [0, 0.1) is 11.8 Å². The van der Waals surface area contributed by atoms with Crippen LogP contribution in [0.25, 0.3) is 0 Å². The van der Waals surface area contributed by atoms with Crippen molar-refractivity contribution in [1.82, 2.24) is 4.90 Å². The SMILES string of the molecule is CCOc1ccc(N2CC=C[C@]3(C)S[C@]45C=CCN(c6ccc(N(CC)CC)cc6)C(=O)C4N(CCCCCCO)C(=O)[C@@H]5[C@@H]3C2=O)cc1. The Balaban J connectivity index is 1.37. The second kappa shape index (κ2) is 14.6. The quantitative estimate of drug-likeness (QED) is 0.214. The van der Waals surface area contributed by atoms with E-state index in [2.05, 4.69) is 50.0 Å². The summed E-state index contributed by atoms with van der Waals surface area (Å²) in [5, 5.41) is 9.31. The molecule has 1 N–H and O–H groups in total. The predicted octanol–water partition coefficient (Wildman–Crippen LogP) is 5.68. The van der Waals surface area contributed by atoms with Crippen molar-refractivity contribution in [3.05, 3.63) is 72.8 Å². The van der Waals surface area contributed by atoms with Crippen molar-refractivity contribution in [1.29, 1.82) is 0 Å². The topological polar surface area (TPSA) is 93.6 Å². The van der Waals surface area contributed by atoms with Crippen LogP contribution in [-0.4, -0.2) is 89.2 Å². The van der Waals surface area contributed by atoms with Gasteiger partial charge in [-0.1, -0.05) is 37.1 Å². The summed E-state index contributed by atoms with van der Waals surface area (Å²) in [7, 11) is 0. The lowest BCUT2D eigenvalue weighted by Gasteiger charge is -2.37. The number of rotatable bonds is 13. The average molecular weight is 687 g/mol. The van der Waals surface area contributed by atoms with Crippen LogP contribution in [0.3, 0.4) is 0 Å². The van der Waals surface area contributed by atoms with Crippen molar-refractivity contribution in [3.8, 4) is 5.75 Å². The number of nitrogens with zero attached hydrogens (tertiary/aromatic N) is 4. The molecule has 49 heavy (non-hydrogen) atoms. The highest BCUT2D eigenvalue weighted by Crippen LogP contribution is 2.65. The summed E-state index contributed by atoms with van der Waals surface area (Å²) in [4.78, 5) is 52.1. The molecule has 2 fully saturated rings. The van der Waals surface area contributed by atoms with Gasteiger partial charge in [-0.15, -0.1) is 11.8 Å². The standard InChI is InChI=1S/C39H50N4O5S/c1-5-40(6-2)28-14-16-29(17-15-28)42-26-13-23-39-33(36(46)43(34(39)37(42)47)24-10-8-9-11-27-44)32-35(45)41(25-12-22-38(32,4)49-39)30-18-20-31(21-19-30)48-7-3/h12-23,32-34,44H,5-11,24-27H2,1-4H3/t32-,33+,34?,38+,39+/m1/s1. The maximum atomic E-state index is 14.9. The molecule has 1 spiro atoms. The second-order valence-electron chi connectivity index (χ2n) is 13.5. The summed E-state index contributed by atoms with van der Waals surface area (Å²) in [6, 6.07) is 14.9. The van der Waals surface area contributed by atoms with Crippen LogP contribution in [-0.2, 0) is 14.4 Å². The third-order valence-electron chi connectivity index (χ3n) is 10.6. The number of aliphatic hydroxyl groups is 1. The number of hydrogen-bond acceptors (Lipinski definition) is 7. The number of ether oxygens (including phenoxy) is 1. The van der Waals surface area contributed by atoms with E-state index in [1.807, 2.05) is 55.5 Å². The third kappa shape index (κ3) is 6.27. The number of carbonyl (C=O) groups is 3. The van der Waals surface area contributed by atoms with Crippen molar-refractivity contribution < 1.29 is 24.2 Å². The highest BCUT2D eigenvalue weighted by molar-refractivity contribution is 8.02. The first kappa shape index (κ1) is 35.1. The number of anilines is 3. The van der Waals surface area contributed by atoms with Gasteiger partial charge in [0.1, 0.15) is 11.8 Å². The summed E-state index contributed by atoms with van der Waals surface area (Å²) < 4.78 is 4.05. The van der Waals surface area contributed by atoms with E-state index < -0.39 is 27.4 Å². The summed E-state index contributed by atoms with van der Waals surface area (Å²) in [5.41, 5.74) is 2.65. The molecule has 0 saturated carbocycles. The highest BCUT2D eigenvalue weighted by atomic mass is 32.2. The van der Waals surface area contributed by atoms with Gasteiger partial charge in [0.05, 0.1) is 23.2 Å². The van der Waals surface area contributed by atoms with Crippen LogP contribution in [0.5, 0.6) is 5.75 Å². The van der Waals surface area contributed by atoms with Gasteiger partial charge in [-0.3, -0.25) is 14.4 Å². The monoisotopic (exact) mass is 686 g/mol. The zero-order chi connectivity index (χ0) is 34.8. The van der Waals surface area contributed by atoms with E-state index >= 15 is 0 Å². The van der Waals surface area contributed by atoms with Gasteiger partial charge in [-0.05, 0) is 89.1 Å². The Kier molecular flexibility index (Phi) is 10.5. The van der Waals surface area contributed by atoms with Crippen molar-refractivity contribution in [2.75, 3.05) is 60.6 Å². The Morgan fingerprint density at radius 1 is 0.796 bits per heavy atom. The zero-order valence-electron chi connectivity index (χ0n) is 29.2.